The maximum absolute atomic E-state index is 5.64. The molecule has 1 saturated carbocycles. The summed E-state index contributed by atoms with van der Waals surface area (Å²) >= 11 is 0. The van der Waals surface area contributed by atoms with Crippen LogP contribution in [0.3, 0.4) is 0 Å². The van der Waals surface area contributed by atoms with Gasteiger partial charge in [-0.3, -0.25) is 0 Å². The molecule has 1 heterocycles. The lowest BCUT2D eigenvalue weighted by atomic mass is 10.4. The molecule has 5 nitrogen and oxygen atoms in total. The normalized spacial score (nSPS) is 14.6. The van der Waals surface area contributed by atoms with Crippen LogP contribution in [0.15, 0.2) is 6.07 Å². The minimum Gasteiger partial charge on any atom is -0.477 e. The van der Waals surface area contributed by atoms with Crippen molar-refractivity contribution in [1.29, 1.82) is 0 Å². The van der Waals surface area contributed by atoms with Gasteiger partial charge in [-0.25, -0.2) is 4.98 Å². The van der Waals surface area contributed by atoms with E-state index >= 15 is 0 Å². The molecule has 0 spiro atoms. The number of aromatic nitrogens is 2. The van der Waals surface area contributed by atoms with Crippen molar-refractivity contribution >= 4 is 5.82 Å². The summed E-state index contributed by atoms with van der Waals surface area (Å²) in [5.41, 5.74) is 0. The second-order valence-corrected chi connectivity index (χ2v) is 4.45. The van der Waals surface area contributed by atoms with E-state index in [0.29, 0.717) is 25.0 Å². The highest BCUT2D eigenvalue weighted by Crippen LogP contribution is 2.39. The molecule has 1 aliphatic rings. The fourth-order valence-electron chi connectivity index (χ4n) is 1.69. The Bertz CT molecular complexity index is 380. The summed E-state index contributed by atoms with van der Waals surface area (Å²) in [5, 5.41) is 3.22. The molecule has 1 fully saturated rings. The molecule has 0 bridgehead atoms. The summed E-state index contributed by atoms with van der Waals surface area (Å²) in [7, 11) is 1.69. The van der Waals surface area contributed by atoms with Gasteiger partial charge < -0.3 is 14.8 Å². The van der Waals surface area contributed by atoms with E-state index in [1.807, 2.05) is 6.07 Å². The van der Waals surface area contributed by atoms with Crippen LogP contribution in [0.2, 0.25) is 0 Å². The summed E-state index contributed by atoms with van der Waals surface area (Å²) in [6, 6.07) is 1.86. The summed E-state index contributed by atoms with van der Waals surface area (Å²) in [6.45, 7) is 4.24. The van der Waals surface area contributed by atoms with Crippen LogP contribution in [0.25, 0.3) is 0 Å². The van der Waals surface area contributed by atoms with E-state index in [2.05, 4.69) is 22.2 Å². The van der Waals surface area contributed by atoms with E-state index in [1.54, 1.807) is 7.11 Å². The quantitative estimate of drug-likeness (QED) is 0.718. The average molecular weight is 251 g/mol. The predicted octanol–water partition coefficient (Wildman–Crippen LogP) is 2.20. The molecule has 0 radical (unpaired) electrons. The van der Waals surface area contributed by atoms with E-state index in [4.69, 9.17) is 9.47 Å². The highest BCUT2D eigenvalue weighted by Gasteiger charge is 2.27. The van der Waals surface area contributed by atoms with Crippen LogP contribution in [-0.2, 0) is 4.74 Å². The molecule has 0 aromatic carbocycles. The summed E-state index contributed by atoms with van der Waals surface area (Å²) in [6.07, 6.45) is 3.26. The molecule has 0 aliphatic heterocycles. The largest absolute Gasteiger partial charge is 0.477 e. The minimum absolute atomic E-state index is 0.532. The Morgan fingerprint density at radius 1 is 1.33 bits per heavy atom. The first-order valence-electron chi connectivity index (χ1n) is 6.58. The Labute approximate surface area is 108 Å². The molecule has 2 rings (SSSR count). The van der Waals surface area contributed by atoms with Gasteiger partial charge >= 0.3 is 0 Å². The van der Waals surface area contributed by atoms with E-state index in [1.165, 1.54) is 12.8 Å². The number of nitrogens with one attached hydrogen (secondary N) is 1. The molecule has 0 amide bonds. The van der Waals surface area contributed by atoms with Crippen LogP contribution in [-0.4, -0.2) is 36.8 Å². The predicted molar refractivity (Wildman–Crippen MR) is 70.2 cm³/mol. The molecular formula is C13H21N3O2. The fraction of sp³-hybridized carbons (Fsp3) is 0.692. The van der Waals surface area contributed by atoms with Crippen molar-refractivity contribution in [2.45, 2.75) is 32.1 Å². The molecule has 1 N–H and O–H groups in total. The summed E-state index contributed by atoms with van der Waals surface area (Å²) in [5.74, 6) is 2.97. The fourth-order valence-corrected chi connectivity index (χ4v) is 1.69. The van der Waals surface area contributed by atoms with Gasteiger partial charge in [-0.15, -0.1) is 0 Å². The van der Waals surface area contributed by atoms with Crippen LogP contribution < -0.4 is 10.1 Å². The van der Waals surface area contributed by atoms with Crippen LogP contribution in [0.5, 0.6) is 5.88 Å². The monoisotopic (exact) mass is 251 g/mol. The van der Waals surface area contributed by atoms with Crippen molar-refractivity contribution in [3.05, 3.63) is 11.9 Å². The van der Waals surface area contributed by atoms with Crippen LogP contribution in [0, 0.1) is 0 Å². The lowest BCUT2D eigenvalue weighted by molar-refractivity contribution is 0.170. The maximum Gasteiger partial charge on any atom is 0.218 e. The number of rotatable bonds is 8. The lowest BCUT2D eigenvalue weighted by Gasteiger charge is -2.09. The third kappa shape index (κ3) is 3.84. The summed E-state index contributed by atoms with van der Waals surface area (Å²) in [4.78, 5) is 8.96. The van der Waals surface area contributed by atoms with Crippen LogP contribution in [0.4, 0.5) is 5.82 Å². The number of hydrogen-bond acceptors (Lipinski definition) is 5. The first kappa shape index (κ1) is 13.1. The summed E-state index contributed by atoms with van der Waals surface area (Å²) < 4.78 is 10.6. The second kappa shape index (κ2) is 6.54. The third-order valence-electron chi connectivity index (χ3n) is 2.76. The van der Waals surface area contributed by atoms with Gasteiger partial charge in [-0.1, -0.05) is 0 Å². The molecular weight excluding hydrogens is 230 g/mol. The van der Waals surface area contributed by atoms with Gasteiger partial charge in [0.1, 0.15) is 11.6 Å². The van der Waals surface area contributed by atoms with Crippen molar-refractivity contribution < 1.29 is 9.47 Å². The van der Waals surface area contributed by atoms with Crippen molar-refractivity contribution in [2.24, 2.45) is 0 Å². The number of anilines is 1. The van der Waals surface area contributed by atoms with Crippen LogP contribution in [0.1, 0.15) is 37.9 Å². The van der Waals surface area contributed by atoms with E-state index in [0.717, 1.165) is 24.6 Å². The zero-order valence-corrected chi connectivity index (χ0v) is 11.1. The third-order valence-corrected chi connectivity index (χ3v) is 2.76. The van der Waals surface area contributed by atoms with Gasteiger partial charge in [0.05, 0.1) is 6.61 Å². The van der Waals surface area contributed by atoms with Crippen LogP contribution >= 0.6 is 0 Å². The topological polar surface area (TPSA) is 56.3 Å². The lowest BCUT2D eigenvalue weighted by Crippen LogP contribution is -2.07. The molecule has 5 heteroatoms. The molecule has 1 aliphatic carbocycles. The molecule has 0 unspecified atom stereocenters. The number of ether oxygens (including phenoxy) is 2. The average Bonchev–Trinajstić information content (AvgIpc) is 3.19. The second-order valence-electron chi connectivity index (χ2n) is 4.45. The van der Waals surface area contributed by atoms with Gasteiger partial charge in [0.15, 0.2) is 0 Å². The standard InChI is InChI=1S/C13H21N3O2/c1-3-14-11-9-12(18-8-4-7-17-2)16-13(15-11)10-5-6-10/h9-10H,3-8H2,1-2H3,(H,14,15,16). The highest BCUT2D eigenvalue weighted by molar-refractivity contribution is 5.39. The number of hydrogen-bond donors (Lipinski definition) is 1. The SMILES string of the molecule is CCNc1cc(OCCCOC)nc(C2CC2)n1. The van der Waals surface area contributed by atoms with Gasteiger partial charge in [0, 0.05) is 38.7 Å². The first-order valence-corrected chi connectivity index (χ1v) is 6.58. The van der Waals surface area contributed by atoms with Crippen molar-refractivity contribution in [2.75, 3.05) is 32.2 Å². The van der Waals surface area contributed by atoms with E-state index in [-0.39, 0.29) is 0 Å². The van der Waals surface area contributed by atoms with Gasteiger partial charge in [0.2, 0.25) is 5.88 Å². The zero-order valence-electron chi connectivity index (χ0n) is 11.1. The van der Waals surface area contributed by atoms with Crippen molar-refractivity contribution in [3.8, 4) is 5.88 Å². The molecule has 1 aromatic heterocycles. The molecule has 1 aromatic rings. The Hall–Kier alpha value is -1.36. The minimum atomic E-state index is 0.532. The van der Waals surface area contributed by atoms with Crippen molar-refractivity contribution in [1.82, 2.24) is 9.97 Å². The van der Waals surface area contributed by atoms with Gasteiger partial charge in [0.25, 0.3) is 0 Å². The highest BCUT2D eigenvalue weighted by atomic mass is 16.5. The Kier molecular flexibility index (Phi) is 4.75. The smallest absolute Gasteiger partial charge is 0.218 e. The molecule has 0 atom stereocenters. The molecule has 0 saturated heterocycles. The number of nitrogens with zero attached hydrogens (tertiary/aromatic N) is 2. The molecule has 18 heavy (non-hydrogen) atoms. The molecule has 100 valence electrons. The Balaban J connectivity index is 1.98. The maximum atomic E-state index is 5.64. The van der Waals surface area contributed by atoms with E-state index < -0.39 is 0 Å². The zero-order chi connectivity index (χ0) is 12.8. The Morgan fingerprint density at radius 2 is 2.17 bits per heavy atom. The first-order chi connectivity index (χ1) is 8.83. The van der Waals surface area contributed by atoms with Crippen molar-refractivity contribution in [3.63, 3.8) is 0 Å². The number of methoxy groups -OCH3 is 1. The Morgan fingerprint density at radius 3 is 2.83 bits per heavy atom. The van der Waals surface area contributed by atoms with E-state index in [9.17, 15) is 0 Å². The van der Waals surface area contributed by atoms with Gasteiger partial charge in [-0.2, -0.15) is 4.98 Å². The van der Waals surface area contributed by atoms with Gasteiger partial charge in [-0.05, 0) is 19.8 Å².